The first kappa shape index (κ1) is 18.9. The van der Waals surface area contributed by atoms with Gasteiger partial charge < -0.3 is 4.74 Å². The summed E-state index contributed by atoms with van der Waals surface area (Å²) in [5.74, 6) is -0.119. The van der Waals surface area contributed by atoms with Crippen LogP contribution in [0.1, 0.15) is 27.6 Å². The van der Waals surface area contributed by atoms with Crippen molar-refractivity contribution in [3.8, 4) is 5.75 Å². The number of amides is 2. The molecule has 25 heavy (non-hydrogen) atoms. The second kappa shape index (κ2) is 9.14. The van der Waals surface area contributed by atoms with Gasteiger partial charge in [0.1, 0.15) is 5.75 Å². The van der Waals surface area contributed by atoms with E-state index in [0.29, 0.717) is 28.0 Å². The molecule has 0 aromatic heterocycles. The second-order valence-corrected chi connectivity index (χ2v) is 6.07. The van der Waals surface area contributed by atoms with Crippen molar-refractivity contribution in [1.82, 2.24) is 16.2 Å². The quantitative estimate of drug-likeness (QED) is 0.522. The molecule has 6 nitrogen and oxygen atoms in total. The van der Waals surface area contributed by atoms with Crippen LogP contribution in [0.3, 0.4) is 0 Å². The molecule has 0 saturated carbocycles. The maximum absolute atomic E-state index is 12.2. The summed E-state index contributed by atoms with van der Waals surface area (Å²) in [5.41, 5.74) is 5.78. The Morgan fingerprint density at radius 3 is 2.40 bits per heavy atom. The minimum absolute atomic E-state index is 0.0145. The lowest BCUT2D eigenvalue weighted by atomic mass is 10.2. The normalized spacial score (nSPS) is 9.84. The van der Waals surface area contributed by atoms with E-state index in [4.69, 9.17) is 17.0 Å². The van der Waals surface area contributed by atoms with E-state index in [2.05, 4.69) is 32.1 Å². The molecule has 0 radical (unpaired) electrons. The summed E-state index contributed by atoms with van der Waals surface area (Å²) in [5, 5.41) is 2.47. The smallest absolute Gasteiger partial charge is 0.269 e. The zero-order valence-electron chi connectivity index (χ0n) is 13.3. The molecule has 0 aliphatic heterocycles. The fourth-order valence-electron chi connectivity index (χ4n) is 1.90. The molecule has 2 aromatic carbocycles. The van der Waals surface area contributed by atoms with Crippen LogP contribution in [0.4, 0.5) is 0 Å². The Bertz CT molecular complexity index is 784. The van der Waals surface area contributed by atoms with Crippen molar-refractivity contribution in [2.45, 2.75) is 6.92 Å². The van der Waals surface area contributed by atoms with Crippen molar-refractivity contribution in [3.63, 3.8) is 0 Å². The molecule has 130 valence electrons. The average Bonchev–Trinajstić information content (AvgIpc) is 2.62. The molecule has 0 atom stereocenters. The van der Waals surface area contributed by atoms with Crippen molar-refractivity contribution in [2.75, 3.05) is 6.61 Å². The highest BCUT2D eigenvalue weighted by Crippen LogP contribution is 2.25. The van der Waals surface area contributed by atoms with Crippen molar-refractivity contribution < 1.29 is 14.3 Å². The minimum Gasteiger partial charge on any atom is -0.493 e. The number of benzene rings is 2. The lowest BCUT2D eigenvalue weighted by Gasteiger charge is -2.11. The first-order valence-corrected chi connectivity index (χ1v) is 8.60. The number of carbonyl (C=O) groups excluding carboxylic acids is 2. The number of hydrogen-bond donors (Lipinski definition) is 3. The van der Waals surface area contributed by atoms with Gasteiger partial charge in [0.25, 0.3) is 11.8 Å². The van der Waals surface area contributed by atoms with Crippen LogP contribution in [0.25, 0.3) is 0 Å². The number of rotatable bonds is 4. The van der Waals surface area contributed by atoms with E-state index in [1.165, 1.54) is 0 Å². The van der Waals surface area contributed by atoms with E-state index in [1.807, 2.05) is 13.0 Å². The highest BCUT2D eigenvalue weighted by Gasteiger charge is 2.11. The first-order chi connectivity index (χ1) is 12.0. The van der Waals surface area contributed by atoms with Gasteiger partial charge >= 0.3 is 0 Å². The molecule has 8 heteroatoms. The lowest BCUT2D eigenvalue weighted by Crippen LogP contribution is -2.48. The number of halogens is 1. The molecule has 0 aliphatic carbocycles. The second-order valence-electron chi connectivity index (χ2n) is 4.81. The molecule has 2 amide bonds. The molecule has 0 aliphatic rings. The summed E-state index contributed by atoms with van der Waals surface area (Å²) < 4.78 is 6.06. The van der Waals surface area contributed by atoms with Gasteiger partial charge in [-0.1, -0.05) is 18.2 Å². The van der Waals surface area contributed by atoms with E-state index >= 15 is 0 Å². The maximum Gasteiger partial charge on any atom is 0.269 e. The van der Waals surface area contributed by atoms with Crippen LogP contribution in [0.15, 0.2) is 53.0 Å². The first-order valence-electron chi connectivity index (χ1n) is 7.40. The number of thiocarbonyl (C=S) groups is 1. The molecule has 2 rings (SSSR count). The summed E-state index contributed by atoms with van der Waals surface area (Å²) in [6.07, 6.45) is 0. The third-order valence-corrected chi connectivity index (χ3v) is 3.87. The third kappa shape index (κ3) is 5.54. The predicted octanol–water partition coefficient (Wildman–Crippen LogP) is 2.80. The zero-order valence-corrected chi connectivity index (χ0v) is 15.7. The van der Waals surface area contributed by atoms with E-state index in [9.17, 15) is 9.59 Å². The predicted molar refractivity (Wildman–Crippen MR) is 102 cm³/mol. The van der Waals surface area contributed by atoms with E-state index in [-0.39, 0.29) is 11.0 Å². The van der Waals surface area contributed by atoms with Gasteiger partial charge in [-0.2, -0.15) is 0 Å². The summed E-state index contributed by atoms with van der Waals surface area (Å²) in [4.78, 5) is 24.1. The standard InChI is InChI=1S/C17H16BrN3O3S/c1-2-24-14-9-8-12(10-13(14)18)15(22)19-17(25)21-20-16(23)11-6-4-3-5-7-11/h3-10H,2H2,1H3,(H,20,23)(H2,19,21,22,25). The van der Waals surface area contributed by atoms with Crippen LogP contribution < -0.4 is 20.9 Å². The van der Waals surface area contributed by atoms with Gasteiger partial charge in [0.05, 0.1) is 11.1 Å². The summed E-state index contributed by atoms with van der Waals surface area (Å²) >= 11 is 8.35. The van der Waals surface area contributed by atoms with Crippen LogP contribution in [0, 0.1) is 0 Å². The Kier molecular flexibility index (Phi) is 6.91. The van der Waals surface area contributed by atoms with Gasteiger partial charge in [0, 0.05) is 11.1 Å². The fraction of sp³-hybridized carbons (Fsp3) is 0.118. The van der Waals surface area contributed by atoms with Gasteiger partial charge in [0.15, 0.2) is 5.11 Å². The van der Waals surface area contributed by atoms with E-state index in [0.717, 1.165) is 0 Å². The molecule has 3 N–H and O–H groups in total. The summed E-state index contributed by atoms with van der Waals surface area (Å²) in [6, 6.07) is 13.6. The average molecular weight is 422 g/mol. The Hall–Kier alpha value is -2.45. The molecule has 0 fully saturated rings. The molecule has 0 unspecified atom stereocenters. The van der Waals surface area contributed by atoms with E-state index < -0.39 is 5.91 Å². The van der Waals surface area contributed by atoms with Gasteiger partial charge in [-0.15, -0.1) is 0 Å². The van der Waals surface area contributed by atoms with Gasteiger partial charge in [-0.25, -0.2) is 0 Å². The summed E-state index contributed by atoms with van der Waals surface area (Å²) in [7, 11) is 0. The Labute approximate surface area is 159 Å². The SMILES string of the molecule is CCOc1ccc(C(=O)NC(=S)NNC(=O)c2ccccc2)cc1Br. The molecule has 2 aromatic rings. The number of nitrogens with one attached hydrogen (secondary N) is 3. The monoisotopic (exact) mass is 421 g/mol. The fourth-order valence-corrected chi connectivity index (χ4v) is 2.53. The number of carbonyl (C=O) groups is 2. The van der Waals surface area contributed by atoms with Crippen LogP contribution >= 0.6 is 28.1 Å². The molecule has 0 bridgehead atoms. The zero-order chi connectivity index (χ0) is 18.2. The maximum atomic E-state index is 12.2. The van der Waals surface area contributed by atoms with Crippen molar-refractivity contribution in [2.24, 2.45) is 0 Å². The molecule has 0 heterocycles. The van der Waals surface area contributed by atoms with Crippen LogP contribution in [0.5, 0.6) is 5.75 Å². The minimum atomic E-state index is -0.407. The van der Waals surface area contributed by atoms with Crippen LogP contribution in [-0.2, 0) is 0 Å². The summed E-state index contributed by atoms with van der Waals surface area (Å²) in [6.45, 7) is 2.40. The molecule has 0 saturated heterocycles. The van der Waals surface area contributed by atoms with E-state index in [1.54, 1.807) is 42.5 Å². The molecular formula is C17H16BrN3O3S. The lowest BCUT2D eigenvalue weighted by molar-refractivity contribution is 0.0934. The van der Waals surface area contributed by atoms with Crippen LogP contribution in [-0.4, -0.2) is 23.5 Å². The van der Waals surface area contributed by atoms with Crippen molar-refractivity contribution >= 4 is 45.1 Å². The molecule has 0 spiro atoms. The molecular weight excluding hydrogens is 406 g/mol. The van der Waals surface area contributed by atoms with Crippen molar-refractivity contribution in [3.05, 3.63) is 64.1 Å². The topological polar surface area (TPSA) is 79.5 Å². The van der Waals surface area contributed by atoms with Crippen molar-refractivity contribution in [1.29, 1.82) is 0 Å². The van der Waals surface area contributed by atoms with Crippen LogP contribution in [0.2, 0.25) is 0 Å². The highest BCUT2D eigenvalue weighted by molar-refractivity contribution is 9.10. The van der Waals surface area contributed by atoms with Gasteiger partial charge in [-0.05, 0) is 65.4 Å². The van der Waals surface area contributed by atoms with Gasteiger partial charge in [0.2, 0.25) is 0 Å². The highest BCUT2D eigenvalue weighted by atomic mass is 79.9. The number of hydrogen-bond acceptors (Lipinski definition) is 4. The third-order valence-electron chi connectivity index (χ3n) is 3.05. The largest absolute Gasteiger partial charge is 0.493 e. The number of hydrazine groups is 1. The van der Waals surface area contributed by atoms with Gasteiger partial charge in [-0.3, -0.25) is 25.8 Å². The number of ether oxygens (including phenoxy) is 1. The Morgan fingerprint density at radius 2 is 1.76 bits per heavy atom. The Balaban J connectivity index is 1.89. The Morgan fingerprint density at radius 1 is 1.04 bits per heavy atom.